The van der Waals surface area contributed by atoms with E-state index in [9.17, 15) is 0 Å². The van der Waals surface area contributed by atoms with Crippen molar-refractivity contribution in [2.24, 2.45) is 10.2 Å². The summed E-state index contributed by atoms with van der Waals surface area (Å²) in [6.45, 7) is 0. The minimum atomic E-state index is 0.311. The van der Waals surface area contributed by atoms with E-state index < -0.39 is 0 Å². The molecule has 0 aliphatic heterocycles. The summed E-state index contributed by atoms with van der Waals surface area (Å²) < 4.78 is 0. The number of hydrogen-bond acceptors (Lipinski definition) is 2. The van der Waals surface area contributed by atoms with Gasteiger partial charge in [-0.3, -0.25) is 0 Å². The second kappa shape index (κ2) is 6.29. The molecular weight excluding hydrogens is 349 g/mol. The van der Waals surface area contributed by atoms with E-state index in [0.717, 1.165) is 0 Å². The Hall–Kier alpha value is -0.510. The van der Waals surface area contributed by atoms with Gasteiger partial charge in [0.2, 0.25) is 0 Å². The smallest absolute Gasteiger partial charge is 0.123 e. The minimum absolute atomic E-state index is 0.311. The van der Waals surface area contributed by atoms with Crippen molar-refractivity contribution in [3.8, 4) is 0 Å². The van der Waals surface area contributed by atoms with Crippen LogP contribution in [0.5, 0.6) is 0 Å². The first kappa shape index (κ1) is 14.9. The predicted molar refractivity (Wildman–Crippen MR) is 82.1 cm³/mol. The molecule has 0 amide bonds. The molecule has 19 heavy (non-hydrogen) atoms. The lowest BCUT2D eigenvalue weighted by molar-refractivity contribution is 1.23. The van der Waals surface area contributed by atoms with Gasteiger partial charge in [-0.15, -0.1) is 10.2 Å². The summed E-state index contributed by atoms with van der Waals surface area (Å²) in [7, 11) is 0. The molecule has 0 saturated heterocycles. The van der Waals surface area contributed by atoms with Crippen LogP contribution in [0.1, 0.15) is 0 Å². The van der Waals surface area contributed by atoms with Crippen molar-refractivity contribution in [3.63, 3.8) is 0 Å². The number of rotatable bonds is 2. The number of halogens is 5. The van der Waals surface area contributed by atoms with Crippen molar-refractivity contribution >= 4 is 69.4 Å². The predicted octanol–water partition coefficient (Wildman–Crippen LogP) is 7.37. The molecule has 2 nitrogen and oxygen atoms in total. The summed E-state index contributed by atoms with van der Waals surface area (Å²) in [5, 5.41) is 9.93. The van der Waals surface area contributed by atoms with Gasteiger partial charge in [-0.25, -0.2) is 0 Å². The van der Waals surface area contributed by atoms with Crippen LogP contribution in [0.15, 0.2) is 40.6 Å². The Kier molecular flexibility index (Phi) is 4.93. The van der Waals surface area contributed by atoms with E-state index >= 15 is 0 Å². The van der Waals surface area contributed by atoms with Crippen LogP contribution in [0.3, 0.4) is 0 Å². The molecule has 0 saturated carbocycles. The molecule has 0 atom stereocenters. The van der Waals surface area contributed by atoms with E-state index in [1.165, 1.54) is 12.1 Å². The van der Waals surface area contributed by atoms with E-state index in [-0.39, 0.29) is 0 Å². The average molecular weight is 354 g/mol. The SMILES string of the molecule is Clc1ccc(N=Nc2c(Cl)cc(Cl)cc2Cl)c(Cl)c1. The average Bonchev–Trinajstić information content (AvgIpc) is 2.30. The zero-order chi connectivity index (χ0) is 14.0. The van der Waals surface area contributed by atoms with Gasteiger partial charge in [-0.1, -0.05) is 58.0 Å². The van der Waals surface area contributed by atoms with Crippen molar-refractivity contribution in [3.05, 3.63) is 55.4 Å². The molecule has 0 heterocycles. The van der Waals surface area contributed by atoms with Gasteiger partial charge in [0.1, 0.15) is 11.4 Å². The zero-order valence-electron chi connectivity index (χ0n) is 9.17. The van der Waals surface area contributed by atoms with Crippen LogP contribution in [0.4, 0.5) is 11.4 Å². The molecule has 7 heteroatoms. The van der Waals surface area contributed by atoms with Gasteiger partial charge < -0.3 is 0 Å². The largest absolute Gasteiger partial charge is 0.149 e. The molecule has 0 aromatic heterocycles. The van der Waals surface area contributed by atoms with Crippen molar-refractivity contribution in [2.45, 2.75) is 0 Å². The van der Waals surface area contributed by atoms with Crippen molar-refractivity contribution in [1.82, 2.24) is 0 Å². The molecule has 0 unspecified atom stereocenters. The highest BCUT2D eigenvalue weighted by molar-refractivity contribution is 6.41. The van der Waals surface area contributed by atoms with Gasteiger partial charge in [-0.2, -0.15) is 0 Å². The van der Waals surface area contributed by atoms with E-state index in [0.29, 0.717) is 36.5 Å². The molecule has 0 aliphatic rings. The maximum absolute atomic E-state index is 5.99. The van der Waals surface area contributed by atoms with E-state index in [1.807, 2.05) is 0 Å². The van der Waals surface area contributed by atoms with Crippen molar-refractivity contribution in [1.29, 1.82) is 0 Å². The Bertz CT molecular complexity index is 632. The standard InChI is InChI=1S/C12H5Cl5N2/c13-6-1-2-11(8(15)3-6)18-19-12-9(16)4-7(14)5-10(12)17/h1-5H. The number of azo groups is 1. The molecule has 0 radical (unpaired) electrons. The van der Waals surface area contributed by atoms with Gasteiger partial charge >= 0.3 is 0 Å². The Morgan fingerprint density at radius 2 is 1.21 bits per heavy atom. The second-order valence-electron chi connectivity index (χ2n) is 3.51. The second-order valence-corrected chi connectivity index (χ2v) is 5.61. The van der Waals surface area contributed by atoms with E-state index in [2.05, 4.69) is 10.2 Å². The maximum Gasteiger partial charge on any atom is 0.123 e. The van der Waals surface area contributed by atoms with Crippen LogP contribution in [0, 0.1) is 0 Å². The number of benzene rings is 2. The number of nitrogens with zero attached hydrogens (tertiary/aromatic N) is 2. The zero-order valence-corrected chi connectivity index (χ0v) is 13.0. The first-order chi connectivity index (χ1) is 8.97. The lowest BCUT2D eigenvalue weighted by Gasteiger charge is -2.02. The Morgan fingerprint density at radius 3 is 1.79 bits per heavy atom. The third-order valence-electron chi connectivity index (χ3n) is 2.15. The van der Waals surface area contributed by atoms with Crippen LogP contribution in [0.25, 0.3) is 0 Å². The van der Waals surface area contributed by atoms with Crippen LogP contribution in [-0.4, -0.2) is 0 Å². The molecule has 98 valence electrons. The highest BCUT2D eigenvalue weighted by Crippen LogP contribution is 2.37. The molecule has 0 spiro atoms. The fourth-order valence-corrected chi connectivity index (χ4v) is 2.64. The Morgan fingerprint density at radius 1 is 0.632 bits per heavy atom. The summed E-state index contributed by atoms with van der Waals surface area (Å²) in [4.78, 5) is 0. The summed E-state index contributed by atoms with van der Waals surface area (Å²) >= 11 is 29.5. The third kappa shape index (κ3) is 3.74. The van der Waals surface area contributed by atoms with Crippen molar-refractivity contribution < 1.29 is 0 Å². The molecule has 0 bridgehead atoms. The molecule has 2 aromatic rings. The summed E-state index contributed by atoms with van der Waals surface area (Å²) in [5.74, 6) is 0. The molecule has 0 N–H and O–H groups in total. The van der Waals surface area contributed by atoms with Gasteiger partial charge in [-0.05, 0) is 30.3 Å². The third-order valence-corrected chi connectivity index (χ3v) is 3.48. The molecular formula is C12H5Cl5N2. The van der Waals surface area contributed by atoms with Crippen LogP contribution < -0.4 is 0 Å². The summed E-state index contributed by atoms with van der Waals surface area (Å²) in [6, 6.07) is 7.95. The number of hydrogen-bond donors (Lipinski definition) is 0. The lowest BCUT2D eigenvalue weighted by Crippen LogP contribution is -1.73. The van der Waals surface area contributed by atoms with E-state index in [4.69, 9.17) is 58.0 Å². The van der Waals surface area contributed by atoms with Crippen LogP contribution in [0.2, 0.25) is 25.1 Å². The Balaban J connectivity index is 2.38. The van der Waals surface area contributed by atoms with E-state index in [1.54, 1.807) is 18.2 Å². The van der Waals surface area contributed by atoms with Gasteiger partial charge in [0.25, 0.3) is 0 Å². The topological polar surface area (TPSA) is 24.7 Å². The minimum Gasteiger partial charge on any atom is -0.149 e. The molecule has 0 aliphatic carbocycles. The van der Waals surface area contributed by atoms with Gasteiger partial charge in [0.15, 0.2) is 0 Å². The van der Waals surface area contributed by atoms with Crippen LogP contribution >= 0.6 is 58.0 Å². The van der Waals surface area contributed by atoms with Crippen molar-refractivity contribution in [2.75, 3.05) is 0 Å². The van der Waals surface area contributed by atoms with Gasteiger partial charge in [0.05, 0.1) is 15.1 Å². The van der Waals surface area contributed by atoms with Gasteiger partial charge in [0, 0.05) is 10.0 Å². The highest BCUT2D eigenvalue weighted by atomic mass is 35.5. The molecule has 2 rings (SSSR count). The monoisotopic (exact) mass is 352 g/mol. The Labute approximate surface area is 134 Å². The highest BCUT2D eigenvalue weighted by Gasteiger charge is 2.07. The van der Waals surface area contributed by atoms with Crippen LogP contribution in [-0.2, 0) is 0 Å². The first-order valence-corrected chi connectivity index (χ1v) is 6.87. The fraction of sp³-hybridized carbons (Fsp3) is 0. The normalized spacial score (nSPS) is 11.2. The quantitative estimate of drug-likeness (QED) is 0.503. The molecule has 2 aromatic carbocycles. The summed E-state index contributed by atoms with van der Waals surface area (Å²) in [5.41, 5.74) is 0.798. The molecule has 0 fully saturated rings. The lowest BCUT2D eigenvalue weighted by atomic mass is 10.3. The summed E-state index contributed by atoms with van der Waals surface area (Å²) in [6.07, 6.45) is 0. The maximum atomic E-state index is 5.99. The first-order valence-electron chi connectivity index (χ1n) is 4.98. The fourth-order valence-electron chi connectivity index (χ4n) is 1.30.